The standard InChI is InChI=1S/C11H10O.H2/c1-2-11(12)9-8-10-6-4-3-5-7-10;/h1,3-7H,8-9H2;1H. The zero-order chi connectivity index (χ0) is 8.81. The van der Waals surface area contributed by atoms with Gasteiger partial charge in [0.05, 0.1) is 0 Å². The average molecular weight is 160 g/mol. The molecule has 0 aliphatic carbocycles. The van der Waals surface area contributed by atoms with Crippen molar-refractivity contribution >= 4 is 5.78 Å². The van der Waals surface area contributed by atoms with E-state index in [1.165, 1.54) is 0 Å². The fourth-order valence-corrected chi connectivity index (χ4v) is 0.975. The van der Waals surface area contributed by atoms with Gasteiger partial charge in [0.1, 0.15) is 0 Å². The molecule has 0 bridgehead atoms. The fourth-order valence-electron chi connectivity index (χ4n) is 0.975. The van der Waals surface area contributed by atoms with E-state index in [1.807, 2.05) is 30.3 Å². The molecule has 0 aliphatic heterocycles. The second-order valence-corrected chi connectivity index (χ2v) is 2.55. The molecular weight excluding hydrogens is 148 g/mol. The first kappa shape index (κ1) is 8.55. The third-order valence-corrected chi connectivity index (χ3v) is 1.64. The van der Waals surface area contributed by atoms with Crippen molar-refractivity contribution in [1.82, 2.24) is 0 Å². The van der Waals surface area contributed by atoms with Gasteiger partial charge in [-0.25, -0.2) is 0 Å². The smallest absolute Gasteiger partial charge is 0.205 e. The summed E-state index contributed by atoms with van der Waals surface area (Å²) in [5, 5.41) is 0. The SMILES string of the molecule is C#CC(=O)CCc1ccccc1.[HH]. The highest BCUT2D eigenvalue weighted by molar-refractivity contribution is 5.94. The van der Waals surface area contributed by atoms with Crippen LogP contribution in [0.4, 0.5) is 0 Å². The van der Waals surface area contributed by atoms with Crippen LogP contribution in [0.25, 0.3) is 0 Å². The third-order valence-electron chi connectivity index (χ3n) is 1.64. The monoisotopic (exact) mass is 160 g/mol. The summed E-state index contributed by atoms with van der Waals surface area (Å²) < 4.78 is 0. The molecule has 0 unspecified atom stereocenters. The second kappa shape index (κ2) is 4.35. The van der Waals surface area contributed by atoms with Crippen LogP contribution >= 0.6 is 0 Å². The normalized spacial score (nSPS) is 8.92. The topological polar surface area (TPSA) is 17.1 Å². The summed E-state index contributed by atoms with van der Waals surface area (Å²) in [6, 6.07) is 9.84. The molecule has 0 radical (unpaired) electrons. The first-order valence-corrected chi connectivity index (χ1v) is 3.86. The Morgan fingerprint density at radius 1 is 1.42 bits per heavy atom. The molecule has 1 nitrogen and oxygen atoms in total. The van der Waals surface area contributed by atoms with Crippen molar-refractivity contribution in [3.05, 3.63) is 35.9 Å². The lowest BCUT2D eigenvalue weighted by molar-refractivity contribution is -0.113. The quantitative estimate of drug-likeness (QED) is 0.488. The summed E-state index contributed by atoms with van der Waals surface area (Å²) >= 11 is 0. The molecule has 0 spiro atoms. The van der Waals surface area contributed by atoms with Crippen molar-refractivity contribution in [3.8, 4) is 12.3 Å². The maximum absolute atomic E-state index is 10.7. The van der Waals surface area contributed by atoms with E-state index in [2.05, 4.69) is 5.92 Å². The molecule has 0 aliphatic rings. The van der Waals surface area contributed by atoms with Gasteiger partial charge in [0.15, 0.2) is 0 Å². The molecule has 62 valence electrons. The molecule has 0 saturated carbocycles. The van der Waals surface area contributed by atoms with E-state index in [9.17, 15) is 4.79 Å². The molecule has 0 N–H and O–H groups in total. The van der Waals surface area contributed by atoms with E-state index in [-0.39, 0.29) is 7.21 Å². The van der Waals surface area contributed by atoms with Crippen molar-refractivity contribution in [2.75, 3.05) is 0 Å². The van der Waals surface area contributed by atoms with Crippen molar-refractivity contribution in [2.45, 2.75) is 12.8 Å². The van der Waals surface area contributed by atoms with Crippen molar-refractivity contribution < 1.29 is 6.22 Å². The lowest BCUT2D eigenvalue weighted by atomic mass is 10.1. The molecule has 12 heavy (non-hydrogen) atoms. The summed E-state index contributed by atoms with van der Waals surface area (Å²) in [4.78, 5) is 10.7. The molecular formula is C11H12O. The molecule has 0 heterocycles. The Bertz CT molecular complexity index is 298. The van der Waals surface area contributed by atoms with Crippen LogP contribution < -0.4 is 0 Å². The maximum Gasteiger partial charge on any atom is 0.205 e. The van der Waals surface area contributed by atoms with Crippen LogP contribution in [0.1, 0.15) is 13.4 Å². The highest BCUT2D eigenvalue weighted by Crippen LogP contribution is 2.01. The van der Waals surface area contributed by atoms with Crippen LogP contribution in [0, 0.1) is 12.3 Å². The van der Waals surface area contributed by atoms with Gasteiger partial charge in [-0.2, -0.15) is 0 Å². The van der Waals surface area contributed by atoms with Gasteiger partial charge < -0.3 is 0 Å². The average Bonchev–Trinajstić information content (AvgIpc) is 2.16. The van der Waals surface area contributed by atoms with Crippen LogP contribution in [0.5, 0.6) is 0 Å². The van der Waals surface area contributed by atoms with Crippen LogP contribution in [0.2, 0.25) is 0 Å². The van der Waals surface area contributed by atoms with Gasteiger partial charge in [-0.1, -0.05) is 30.3 Å². The molecule has 0 aromatic heterocycles. The third kappa shape index (κ3) is 2.59. The van der Waals surface area contributed by atoms with Crippen LogP contribution in [-0.2, 0) is 11.2 Å². The van der Waals surface area contributed by atoms with E-state index in [1.54, 1.807) is 0 Å². The summed E-state index contributed by atoms with van der Waals surface area (Å²) in [6.45, 7) is 0. The maximum atomic E-state index is 10.7. The van der Waals surface area contributed by atoms with Gasteiger partial charge in [0, 0.05) is 7.85 Å². The van der Waals surface area contributed by atoms with Crippen molar-refractivity contribution in [1.29, 1.82) is 0 Å². The lowest BCUT2D eigenvalue weighted by Crippen LogP contribution is -1.95. The number of Topliss-reactive ketones (excluding diaryl/α,β-unsaturated/α-hetero) is 1. The number of carbonyl (C=O) groups is 1. The Hall–Kier alpha value is -1.55. The lowest BCUT2D eigenvalue weighted by Gasteiger charge is -1.95. The number of hydrogen-bond donors (Lipinski definition) is 0. The first-order valence-electron chi connectivity index (χ1n) is 3.86. The van der Waals surface area contributed by atoms with E-state index < -0.39 is 0 Å². The van der Waals surface area contributed by atoms with Gasteiger partial charge in [-0.05, 0) is 17.9 Å². The molecule has 0 amide bonds. The fraction of sp³-hybridized carbons (Fsp3) is 0.182. The van der Waals surface area contributed by atoms with Gasteiger partial charge in [-0.3, -0.25) is 4.79 Å². The summed E-state index contributed by atoms with van der Waals surface area (Å²) in [5.74, 6) is 1.97. The Morgan fingerprint density at radius 3 is 2.67 bits per heavy atom. The minimum absolute atomic E-state index is 0. The number of aryl methyl sites for hydroxylation is 1. The molecule has 1 heteroatoms. The largest absolute Gasteiger partial charge is 0.285 e. The summed E-state index contributed by atoms with van der Waals surface area (Å²) in [7, 11) is 0. The van der Waals surface area contributed by atoms with Crippen LogP contribution in [0.15, 0.2) is 30.3 Å². The molecule has 1 rings (SSSR count). The molecule has 1 aromatic rings. The van der Waals surface area contributed by atoms with Gasteiger partial charge in [-0.15, -0.1) is 6.42 Å². The van der Waals surface area contributed by atoms with E-state index in [0.29, 0.717) is 6.42 Å². The Labute approximate surface area is 73.9 Å². The summed E-state index contributed by atoms with van der Waals surface area (Å²) in [6.07, 6.45) is 6.12. The van der Waals surface area contributed by atoms with Crippen LogP contribution in [-0.4, -0.2) is 5.78 Å². The van der Waals surface area contributed by atoms with E-state index in [0.717, 1.165) is 12.0 Å². The number of benzene rings is 1. The van der Waals surface area contributed by atoms with E-state index in [4.69, 9.17) is 6.42 Å². The van der Waals surface area contributed by atoms with E-state index >= 15 is 0 Å². The highest BCUT2D eigenvalue weighted by atomic mass is 16.1. The first-order chi connectivity index (χ1) is 5.83. The zero-order valence-corrected chi connectivity index (χ0v) is 6.79. The van der Waals surface area contributed by atoms with Crippen LogP contribution in [0.3, 0.4) is 0 Å². The minimum atomic E-state index is -0.126. The number of hydrogen-bond acceptors (Lipinski definition) is 1. The Balaban J connectivity index is 0.00000144. The van der Waals surface area contributed by atoms with Crippen molar-refractivity contribution in [3.63, 3.8) is 0 Å². The molecule has 0 fully saturated rings. The Morgan fingerprint density at radius 2 is 2.08 bits per heavy atom. The Kier molecular flexibility index (Phi) is 3.10. The number of ketones is 1. The predicted octanol–water partition coefficient (Wildman–Crippen LogP) is 2.07. The molecule has 1 aromatic carbocycles. The zero-order valence-electron chi connectivity index (χ0n) is 6.79. The minimum Gasteiger partial charge on any atom is -0.285 e. The van der Waals surface area contributed by atoms with Gasteiger partial charge in [0.25, 0.3) is 0 Å². The number of carbonyl (C=O) groups excluding carboxylic acids is 1. The number of rotatable bonds is 3. The second-order valence-electron chi connectivity index (χ2n) is 2.55. The van der Waals surface area contributed by atoms with Gasteiger partial charge >= 0.3 is 0 Å². The predicted molar refractivity (Wildman–Crippen MR) is 50.7 cm³/mol. The van der Waals surface area contributed by atoms with Gasteiger partial charge in [0.2, 0.25) is 5.78 Å². The van der Waals surface area contributed by atoms with Crippen molar-refractivity contribution in [2.24, 2.45) is 0 Å². The summed E-state index contributed by atoms with van der Waals surface area (Å²) in [5.41, 5.74) is 1.15. The molecule has 0 atom stereocenters. The molecule has 0 saturated heterocycles. The number of terminal acetylenes is 1. The highest BCUT2D eigenvalue weighted by Gasteiger charge is 1.96.